The summed E-state index contributed by atoms with van der Waals surface area (Å²) in [6.45, 7) is 0. The lowest BCUT2D eigenvalue weighted by molar-refractivity contribution is -0.249. The van der Waals surface area contributed by atoms with Crippen molar-refractivity contribution in [1.29, 1.82) is 0 Å². The standard InChI is InChI=1S/C5H2F6S2/c6-4(7,8)3(5(9,10)11)1-2-12-13-3/h1-2H. The molecule has 0 nitrogen and oxygen atoms in total. The van der Waals surface area contributed by atoms with Crippen LogP contribution in [0.1, 0.15) is 0 Å². The number of hydrogen-bond acceptors (Lipinski definition) is 2. The third-order valence-electron chi connectivity index (χ3n) is 1.38. The van der Waals surface area contributed by atoms with Crippen LogP contribution >= 0.6 is 21.6 Å². The smallest absolute Gasteiger partial charge is 0.169 e. The first-order valence-electron chi connectivity index (χ1n) is 2.86. The number of alkyl halides is 6. The highest BCUT2D eigenvalue weighted by atomic mass is 33.1. The Morgan fingerprint density at radius 3 is 1.54 bits per heavy atom. The molecular weight excluding hydrogens is 238 g/mol. The minimum Gasteiger partial charge on any atom is -0.169 e. The lowest BCUT2D eigenvalue weighted by atomic mass is 10.1. The second-order valence-corrected chi connectivity index (χ2v) is 4.57. The van der Waals surface area contributed by atoms with Gasteiger partial charge < -0.3 is 0 Å². The first kappa shape index (κ1) is 11.1. The summed E-state index contributed by atoms with van der Waals surface area (Å²) < 4.78 is 68.9. The van der Waals surface area contributed by atoms with Gasteiger partial charge in [-0.05, 0) is 11.5 Å². The predicted octanol–water partition coefficient (Wildman–Crippen LogP) is 3.76. The molecule has 0 aromatic heterocycles. The molecule has 1 aliphatic heterocycles. The SMILES string of the molecule is FC(F)(F)C1(C(F)(F)F)C=CSS1. The van der Waals surface area contributed by atoms with Gasteiger partial charge in [0.15, 0.2) is 0 Å². The fourth-order valence-electron chi connectivity index (χ4n) is 0.699. The van der Waals surface area contributed by atoms with E-state index in [1.165, 1.54) is 0 Å². The summed E-state index contributed by atoms with van der Waals surface area (Å²) in [4.78, 5) is 0. The molecule has 0 aromatic rings. The third kappa shape index (κ3) is 1.65. The second kappa shape index (κ2) is 3.01. The summed E-state index contributed by atoms with van der Waals surface area (Å²) in [7, 11) is 0.190. The van der Waals surface area contributed by atoms with Gasteiger partial charge in [-0.3, -0.25) is 0 Å². The van der Waals surface area contributed by atoms with Crippen LogP contribution in [-0.4, -0.2) is 17.1 Å². The fourth-order valence-corrected chi connectivity index (χ4v) is 3.09. The molecule has 0 aromatic carbocycles. The summed E-state index contributed by atoms with van der Waals surface area (Å²) in [5, 5.41) is 0.797. The van der Waals surface area contributed by atoms with Crippen molar-refractivity contribution in [2.24, 2.45) is 0 Å². The number of hydrogen-bond donors (Lipinski definition) is 0. The van der Waals surface area contributed by atoms with Crippen molar-refractivity contribution in [1.82, 2.24) is 0 Å². The molecule has 1 aliphatic rings. The Labute approximate surface area is 77.1 Å². The molecule has 0 spiro atoms. The maximum absolute atomic E-state index is 12.1. The Bertz CT molecular complexity index is 212. The fraction of sp³-hybridized carbons (Fsp3) is 0.600. The highest BCUT2D eigenvalue weighted by Crippen LogP contribution is 2.60. The van der Waals surface area contributed by atoms with Crippen molar-refractivity contribution < 1.29 is 26.3 Å². The van der Waals surface area contributed by atoms with Gasteiger partial charge in [0.1, 0.15) is 0 Å². The van der Waals surface area contributed by atoms with E-state index in [0.717, 1.165) is 5.41 Å². The second-order valence-electron chi connectivity index (χ2n) is 2.21. The van der Waals surface area contributed by atoms with Crippen LogP contribution in [0.2, 0.25) is 0 Å². The monoisotopic (exact) mass is 240 g/mol. The van der Waals surface area contributed by atoms with Crippen LogP contribution in [0.5, 0.6) is 0 Å². The van der Waals surface area contributed by atoms with Crippen LogP contribution in [0.25, 0.3) is 0 Å². The van der Waals surface area contributed by atoms with Crippen LogP contribution < -0.4 is 0 Å². The van der Waals surface area contributed by atoms with Crippen LogP contribution in [0, 0.1) is 0 Å². The molecule has 8 heteroatoms. The van der Waals surface area contributed by atoms with E-state index in [1.807, 2.05) is 0 Å². The number of halogens is 6. The lowest BCUT2D eigenvalue weighted by Gasteiger charge is -2.30. The molecular formula is C5H2F6S2. The molecule has 0 saturated heterocycles. The maximum Gasteiger partial charge on any atom is 0.416 e. The van der Waals surface area contributed by atoms with Crippen molar-refractivity contribution in [3.05, 3.63) is 11.5 Å². The molecule has 0 aliphatic carbocycles. The van der Waals surface area contributed by atoms with Gasteiger partial charge in [-0.15, -0.1) is 0 Å². The Kier molecular flexibility index (Phi) is 2.57. The molecule has 0 atom stereocenters. The summed E-state index contributed by atoms with van der Waals surface area (Å²) in [5.74, 6) is 0. The van der Waals surface area contributed by atoms with Crippen LogP contribution in [0.15, 0.2) is 11.5 Å². The van der Waals surface area contributed by atoms with Crippen LogP contribution in [0.4, 0.5) is 26.3 Å². The normalized spacial score (nSPS) is 22.3. The minimum atomic E-state index is -5.31. The first-order valence-corrected chi connectivity index (χ1v) is 5.08. The summed E-state index contributed by atoms with van der Waals surface area (Å²) in [6, 6.07) is 0. The van der Waals surface area contributed by atoms with E-state index in [2.05, 4.69) is 0 Å². The molecule has 0 fully saturated rings. The van der Waals surface area contributed by atoms with Gasteiger partial charge in [-0.1, -0.05) is 21.6 Å². The largest absolute Gasteiger partial charge is 0.416 e. The van der Waals surface area contributed by atoms with E-state index in [-0.39, 0.29) is 16.9 Å². The van der Waals surface area contributed by atoms with E-state index >= 15 is 0 Å². The highest BCUT2D eigenvalue weighted by molar-refractivity contribution is 8.78. The van der Waals surface area contributed by atoms with Crippen LogP contribution in [-0.2, 0) is 0 Å². The van der Waals surface area contributed by atoms with Gasteiger partial charge in [-0.25, -0.2) is 0 Å². The van der Waals surface area contributed by atoms with Crippen molar-refractivity contribution in [2.75, 3.05) is 0 Å². The van der Waals surface area contributed by atoms with Crippen molar-refractivity contribution in [3.8, 4) is 0 Å². The summed E-state index contributed by atoms with van der Waals surface area (Å²) >= 11 is 0. The molecule has 0 radical (unpaired) electrons. The van der Waals surface area contributed by atoms with Gasteiger partial charge in [0.25, 0.3) is 0 Å². The van der Waals surface area contributed by atoms with E-state index in [0.29, 0.717) is 10.8 Å². The minimum absolute atomic E-state index is 0.141. The lowest BCUT2D eigenvalue weighted by Crippen LogP contribution is -2.51. The van der Waals surface area contributed by atoms with Crippen molar-refractivity contribution in [2.45, 2.75) is 17.1 Å². The zero-order chi connectivity index (χ0) is 10.3. The Hall–Kier alpha value is 0.0200. The number of rotatable bonds is 0. The van der Waals surface area contributed by atoms with E-state index in [4.69, 9.17) is 0 Å². The summed E-state index contributed by atoms with van der Waals surface area (Å²) in [6.07, 6.45) is -10.5. The first-order chi connectivity index (χ1) is 5.71. The van der Waals surface area contributed by atoms with Crippen molar-refractivity contribution in [3.63, 3.8) is 0 Å². The zero-order valence-corrected chi connectivity index (χ0v) is 7.37. The van der Waals surface area contributed by atoms with E-state index in [9.17, 15) is 26.3 Å². The van der Waals surface area contributed by atoms with Gasteiger partial charge in [0.05, 0.1) is 0 Å². The van der Waals surface area contributed by atoms with Gasteiger partial charge in [0, 0.05) is 0 Å². The predicted molar refractivity (Wildman–Crippen MR) is 39.2 cm³/mol. The molecule has 0 bridgehead atoms. The zero-order valence-electron chi connectivity index (χ0n) is 5.74. The molecule has 13 heavy (non-hydrogen) atoms. The molecule has 1 heterocycles. The Morgan fingerprint density at radius 2 is 1.38 bits per heavy atom. The van der Waals surface area contributed by atoms with E-state index < -0.39 is 17.1 Å². The average Bonchev–Trinajstić information content (AvgIpc) is 2.28. The third-order valence-corrected chi connectivity index (χ3v) is 4.00. The maximum atomic E-state index is 12.1. The van der Waals surface area contributed by atoms with Gasteiger partial charge in [-0.2, -0.15) is 26.3 Å². The highest BCUT2D eigenvalue weighted by Gasteiger charge is 2.71. The molecule has 0 amide bonds. The van der Waals surface area contributed by atoms with Crippen molar-refractivity contribution >= 4 is 21.6 Å². The quantitative estimate of drug-likeness (QED) is 0.467. The Morgan fingerprint density at radius 1 is 0.923 bits per heavy atom. The molecule has 76 valence electrons. The Balaban J connectivity index is 3.11. The molecule has 1 rings (SSSR count). The van der Waals surface area contributed by atoms with Crippen LogP contribution in [0.3, 0.4) is 0 Å². The molecule has 0 unspecified atom stereocenters. The summed E-state index contributed by atoms with van der Waals surface area (Å²) in [5.41, 5.74) is 0. The average molecular weight is 240 g/mol. The molecule has 0 saturated carbocycles. The van der Waals surface area contributed by atoms with E-state index in [1.54, 1.807) is 0 Å². The topological polar surface area (TPSA) is 0 Å². The van der Waals surface area contributed by atoms with Gasteiger partial charge >= 0.3 is 12.4 Å². The molecule has 0 N–H and O–H groups in total. The van der Waals surface area contributed by atoms with Gasteiger partial charge in [0.2, 0.25) is 4.75 Å².